The van der Waals surface area contributed by atoms with Crippen molar-refractivity contribution in [1.29, 1.82) is 0 Å². The molecular weight excluding hydrogens is 174 g/mol. The van der Waals surface area contributed by atoms with Crippen molar-refractivity contribution < 1.29 is 0 Å². The first-order valence-electron chi connectivity index (χ1n) is 3.65. The predicted octanol–water partition coefficient (Wildman–Crippen LogP) is 4.43. The third-order valence-electron chi connectivity index (χ3n) is 0.650. The molecule has 0 unspecified atom stereocenters. The molecule has 0 fully saturated rings. The van der Waals surface area contributed by atoms with Gasteiger partial charge in [-0.3, -0.25) is 0 Å². The number of rotatable bonds is 1. The summed E-state index contributed by atoms with van der Waals surface area (Å²) in [5.41, 5.74) is 0. The van der Waals surface area contributed by atoms with Crippen LogP contribution in [-0.4, -0.2) is 12.9 Å². The molecule has 0 saturated heterocycles. The van der Waals surface area contributed by atoms with Crippen molar-refractivity contribution in [2.24, 2.45) is 0 Å². The lowest BCUT2D eigenvalue weighted by molar-refractivity contribution is 0.803. The molecule has 0 bridgehead atoms. The highest BCUT2D eigenvalue weighted by Gasteiger charge is 2.12. The highest BCUT2D eigenvalue weighted by Crippen LogP contribution is 2.36. The highest BCUT2D eigenvalue weighted by molar-refractivity contribution is 8.05. The van der Waals surface area contributed by atoms with E-state index in [2.05, 4.69) is 40.4 Å². The second-order valence-corrected chi connectivity index (χ2v) is 17.6. The van der Waals surface area contributed by atoms with Crippen LogP contribution in [0.5, 0.6) is 0 Å². The van der Waals surface area contributed by atoms with Gasteiger partial charge in [0, 0.05) is 5.16 Å². The summed E-state index contributed by atoms with van der Waals surface area (Å²) in [5.74, 6) is 0. The van der Waals surface area contributed by atoms with E-state index in [1.165, 1.54) is 0 Å². The van der Waals surface area contributed by atoms with Crippen LogP contribution >= 0.6 is 15.3 Å². The van der Waals surface area contributed by atoms with Crippen LogP contribution in [0.25, 0.3) is 0 Å². The molecule has 0 radical (unpaired) electrons. The van der Waals surface area contributed by atoms with Gasteiger partial charge in [0.15, 0.2) is 0 Å². The van der Waals surface area contributed by atoms with Crippen LogP contribution in [0.15, 0.2) is 0 Å². The number of hydrogen-bond donors (Lipinski definition) is 0. The van der Waals surface area contributed by atoms with E-state index in [0.717, 1.165) is 0 Å². The molecule has 0 atom stereocenters. The standard InChI is InChI=1S/C7H18P2Si/c1-7(2,3)8-9-10(4,5)6/h1-6H3. The minimum absolute atomic E-state index is 0.502. The van der Waals surface area contributed by atoms with Gasteiger partial charge >= 0.3 is 0 Å². The molecule has 0 nitrogen and oxygen atoms in total. The highest BCUT2D eigenvalue weighted by atomic mass is 31.9. The lowest BCUT2D eigenvalue weighted by Gasteiger charge is -2.13. The Balaban J connectivity index is 4.01. The van der Waals surface area contributed by atoms with Gasteiger partial charge in [-0.05, 0) is 0 Å². The predicted molar refractivity (Wildman–Crippen MR) is 56.9 cm³/mol. The van der Waals surface area contributed by atoms with Gasteiger partial charge in [0.2, 0.25) is 0 Å². The largest absolute Gasteiger partial charge is 0.108 e. The van der Waals surface area contributed by atoms with Gasteiger partial charge in [0.05, 0.1) is 0 Å². The normalized spacial score (nSPS) is 14.6. The van der Waals surface area contributed by atoms with Crippen molar-refractivity contribution >= 4 is 23.0 Å². The molecule has 60 valence electrons. The van der Waals surface area contributed by atoms with Gasteiger partial charge in [-0.25, -0.2) is 0 Å². The van der Waals surface area contributed by atoms with E-state index in [-0.39, 0.29) is 0 Å². The van der Waals surface area contributed by atoms with Crippen LogP contribution in [0.1, 0.15) is 20.8 Å². The first kappa shape index (κ1) is 10.8. The molecule has 3 heteroatoms. The molecule has 10 heavy (non-hydrogen) atoms. The van der Waals surface area contributed by atoms with E-state index in [1.807, 2.05) is 0 Å². The zero-order valence-electron chi connectivity index (χ0n) is 7.89. The lowest BCUT2D eigenvalue weighted by atomic mass is 10.3. The van der Waals surface area contributed by atoms with Crippen LogP contribution < -0.4 is 0 Å². The van der Waals surface area contributed by atoms with Gasteiger partial charge in [-0.15, -0.1) is 0 Å². The van der Waals surface area contributed by atoms with Gasteiger partial charge in [0.1, 0.15) is 7.74 Å². The van der Waals surface area contributed by atoms with E-state index in [1.54, 1.807) is 15.3 Å². The molecule has 0 aliphatic heterocycles. The molecule has 0 aromatic carbocycles. The number of hydrogen-bond acceptors (Lipinski definition) is 0. The van der Waals surface area contributed by atoms with Crippen molar-refractivity contribution in [1.82, 2.24) is 0 Å². The third kappa shape index (κ3) is 8.82. The Morgan fingerprint density at radius 1 is 1.00 bits per heavy atom. The molecule has 0 aliphatic rings. The summed E-state index contributed by atoms with van der Waals surface area (Å²) in [6.07, 6.45) is 0. The average Bonchev–Trinajstić information content (AvgIpc) is 1.57. The van der Waals surface area contributed by atoms with Crippen molar-refractivity contribution in [3.63, 3.8) is 0 Å². The van der Waals surface area contributed by atoms with Crippen LogP contribution in [0.2, 0.25) is 19.6 Å². The Labute approximate surface area is 69.1 Å². The van der Waals surface area contributed by atoms with Gasteiger partial charge in [-0.2, -0.15) is 0 Å². The molecule has 0 spiro atoms. The second kappa shape index (κ2) is 3.48. The van der Waals surface area contributed by atoms with Crippen LogP contribution in [0.3, 0.4) is 0 Å². The van der Waals surface area contributed by atoms with Gasteiger partial charge < -0.3 is 0 Å². The van der Waals surface area contributed by atoms with E-state index in [4.69, 9.17) is 0 Å². The molecule has 0 aromatic rings. The van der Waals surface area contributed by atoms with Crippen molar-refractivity contribution in [3.05, 3.63) is 0 Å². The smallest absolute Gasteiger partial charge is 0.0998 e. The van der Waals surface area contributed by atoms with E-state index < -0.39 is 7.74 Å². The SMILES string of the molecule is CC(C)(C)P=P[Si](C)(C)C. The zero-order chi connectivity index (χ0) is 8.41. The van der Waals surface area contributed by atoms with E-state index in [9.17, 15) is 0 Å². The minimum atomic E-state index is -0.807. The lowest BCUT2D eigenvalue weighted by Crippen LogP contribution is -2.09. The summed E-state index contributed by atoms with van der Waals surface area (Å²) in [6, 6.07) is 0. The van der Waals surface area contributed by atoms with E-state index in [0.29, 0.717) is 5.16 Å². The molecular formula is C7H18P2Si. The van der Waals surface area contributed by atoms with Gasteiger partial charge in [-0.1, -0.05) is 55.7 Å². The summed E-state index contributed by atoms with van der Waals surface area (Å²) in [7, 11) is 2.47. The Kier molecular flexibility index (Phi) is 3.76. The second-order valence-electron chi connectivity index (χ2n) is 4.54. The fraction of sp³-hybridized carbons (Fsp3) is 1.00. The average molecular weight is 192 g/mol. The zero-order valence-corrected chi connectivity index (χ0v) is 10.7. The molecule has 0 heterocycles. The Hall–Kier alpha value is 0.817. The summed E-state index contributed by atoms with van der Waals surface area (Å²) >= 11 is 0. The molecule has 0 amide bonds. The third-order valence-corrected chi connectivity index (χ3v) is 12.1. The summed E-state index contributed by atoms with van der Waals surface area (Å²) in [6.45, 7) is 14.2. The van der Waals surface area contributed by atoms with Crippen LogP contribution in [0.4, 0.5) is 0 Å². The van der Waals surface area contributed by atoms with Crippen LogP contribution in [-0.2, 0) is 0 Å². The maximum Gasteiger partial charge on any atom is 0.108 e. The maximum absolute atomic E-state index is 2.42. The Bertz CT molecular complexity index is 112. The quantitative estimate of drug-likeness (QED) is 0.426. The fourth-order valence-electron chi connectivity index (χ4n) is 0.300. The maximum atomic E-state index is 2.42. The summed E-state index contributed by atoms with van der Waals surface area (Å²) in [4.78, 5) is 0. The Morgan fingerprint density at radius 2 is 1.40 bits per heavy atom. The molecule has 0 N–H and O–H groups in total. The summed E-state index contributed by atoms with van der Waals surface area (Å²) in [5, 5.41) is 0.502. The fourth-order valence-corrected chi connectivity index (χ4v) is 8.10. The van der Waals surface area contributed by atoms with E-state index >= 15 is 0 Å². The molecule has 0 saturated carbocycles. The first-order chi connectivity index (χ1) is 4.21. The van der Waals surface area contributed by atoms with Crippen LogP contribution in [0, 0.1) is 0 Å². The van der Waals surface area contributed by atoms with Gasteiger partial charge in [0.25, 0.3) is 0 Å². The topological polar surface area (TPSA) is 0 Å². The van der Waals surface area contributed by atoms with Crippen molar-refractivity contribution in [3.8, 4) is 0 Å². The monoisotopic (exact) mass is 192 g/mol. The molecule has 0 rings (SSSR count). The minimum Gasteiger partial charge on any atom is -0.0998 e. The molecule has 0 aliphatic carbocycles. The summed E-state index contributed by atoms with van der Waals surface area (Å²) < 4.78 is 0. The molecule has 0 aromatic heterocycles. The van der Waals surface area contributed by atoms with Crippen molar-refractivity contribution in [2.45, 2.75) is 45.6 Å². The van der Waals surface area contributed by atoms with Crippen molar-refractivity contribution in [2.75, 3.05) is 0 Å². The first-order valence-corrected chi connectivity index (χ1v) is 10.5. The Morgan fingerprint density at radius 3 is 1.50 bits per heavy atom.